The highest BCUT2D eigenvalue weighted by Gasteiger charge is 1.98. The molecule has 0 heterocycles. The van der Waals surface area contributed by atoms with Crippen LogP contribution in [-0.4, -0.2) is 18.4 Å². The Morgan fingerprint density at radius 1 is 0.759 bits per heavy atom. The van der Waals surface area contributed by atoms with Crippen molar-refractivity contribution in [2.75, 3.05) is 0 Å². The second-order valence-electron chi connectivity index (χ2n) is 6.11. The van der Waals surface area contributed by atoms with Gasteiger partial charge in [0.25, 0.3) is 0 Å². The van der Waals surface area contributed by atoms with Crippen molar-refractivity contribution in [1.29, 1.82) is 0 Å². The standard InChI is InChI=1S/C22H20ClN5.ClH/c23-21-11-5-17(6-12-21)14-26-13-16-1-7-19(8-2-16)20-9-3-18(4-10-20)15-27-28-22(24)25;/h1-13,15H,14H2,(H4,24,25,28);1H/b26-13?,27-15+;. The van der Waals surface area contributed by atoms with E-state index < -0.39 is 0 Å². The van der Waals surface area contributed by atoms with Crippen molar-refractivity contribution in [3.05, 3.63) is 94.5 Å². The van der Waals surface area contributed by atoms with Gasteiger partial charge in [-0.15, -0.1) is 17.5 Å². The topological polar surface area (TPSA) is 89.1 Å². The molecule has 0 fully saturated rings. The Labute approximate surface area is 181 Å². The summed E-state index contributed by atoms with van der Waals surface area (Å²) in [6, 6.07) is 23.9. The largest absolute Gasteiger partial charge is 0.369 e. The lowest BCUT2D eigenvalue weighted by molar-refractivity contribution is 1.08. The third-order valence-corrected chi connectivity index (χ3v) is 4.21. The van der Waals surface area contributed by atoms with E-state index in [0.717, 1.165) is 32.8 Å². The first kappa shape index (κ1) is 22.1. The van der Waals surface area contributed by atoms with Crippen molar-refractivity contribution in [3.8, 4) is 11.1 Å². The molecule has 3 rings (SSSR count). The highest BCUT2D eigenvalue weighted by molar-refractivity contribution is 6.30. The van der Waals surface area contributed by atoms with Gasteiger partial charge in [-0.1, -0.05) is 72.3 Å². The van der Waals surface area contributed by atoms with Crippen LogP contribution in [0.15, 0.2) is 88.0 Å². The molecular weight excluding hydrogens is 405 g/mol. The number of benzene rings is 3. The van der Waals surface area contributed by atoms with E-state index in [1.807, 2.05) is 54.7 Å². The first-order chi connectivity index (χ1) is 13.6. The van der Waals surface area contributed by atoms with Crippen molar-refractivity contribution < 1.29 is 0 Å². The third kappa shape index (κ3) is 7.07. The molecule has 0 atom stereocenters. The van der Waals surface area contributed by atoms with Crippen LogP contribution in [0.4, 0.5) is 0 Å². The lowest BCUT2D eigenvalue weighted by atomic mass is 10.0. The molecule has 0 bridgehead atoms. The molecule has 5 nitrogen and oxygen atoms in total. The van der Waals surface area contributed by atoms with Crippen LogP contribution in [-0.2, 0) is 6.54 Å². The van der Waals surface area contributed by atoms with Gasteiger partial charge in [-0.2, -0.15) is 5.10 Å². The number of guanidine groups is 1. The molecule has 3 aromatic rings. The fourth-order valence-corrected chi connectivity index (χ4v) is 2.66. The van der Waals surface area contributed by atoms with Gasteiger partial charge >= 0.3 is 0 Å². The second-order valence-corrected chi connectivity index (χ2v) is 6.55. The van der Waals surface area contributed by atoms with Crippen LogP contribution in [0.2, 0.25) is 5.02 Å². The monoisotopic (exact) mass is 425 g/mol. The van der Waals surface area contributed by atoms with Crippen LogP contribution in [0.3, 0.4) is 0 Å². The van der Waals surface area contributed by atoms with Crippen molar-refractivity contribution in [2.24, 2.45) is 26.7 Å². The summed E-state index contributed by atoms with van der Waals surface area (Å²) in [6.07, 6.45) is 3.48. The van der Waals surface area contributed by atoms with E-state index in [1.165, 1.54) is 0 Å². The average molecular weight is 426 g/mol. The maximum Gasteiger partial charge on any atom is 0.211 e. The highest BCUT2D eigenvalue weighted by Crippen LogP contribution is 2.20. The summed E-state index contributed by atoms with van der Waals surface area (Å²) in [5, 5.41) is 8.12. The molecule has 0 aliphatic heterocycles. The lowest BCUT2D eigenvalue weighted by Gasteiger charge is -2.03. The minimum absolute atomic E-state index is 0. The Bertz CT molecular complexity index is 989. The van der Waals surface area contributed by atoms with Gasteiger partial charge in [0.2, 0.25) is 5.96 Å². The first-order valence-electron chi connectivity index (χ1n) is 8.67. The predicted octanol–water partition coefficient (Wildman–Crippen LogP) is 4.66. The molecule has 29 heavy (non-hydrogen) atoms. The molecule has 0 spiro atoms. The molecule has 7 heteroatoms. The van der Waals surface area contributed by atoms with Crippen molar-refractivity contribution >= 4 is 42.4 Å². The number of hydrogen-bond acceptors (Lipinski definition) is 3. The Hall–Kier alpha value is -3.15. The fourth-order valence-electron chi connectivity index (χ4n) is 2.53. The van der Waals surface area contributed by atoms with Gasteiger partial charge in [-0.05, 0) is 39.9 Å². The Morgan fingerprint density at radius 2 is 1.28 bits per heavy atom. The molecule has 0 saturated heterocycles. The maximum atomic E-state index is 5.89. The minimum atomic E-state index is -0.0651. The molecule has 0 aliphatic rings. The number of nitrogens with two attached hydrogens (primary N) is 2. The quantitative estimate of drug-likeness (QED) is 0.341. The molecule has 0 radical (unpaired) electrons. The van der Waals surface area contributed by atoms with Gasteiger partial charge in [0.1, 0.15) is 0 Å². The number of nitrogens with zero attached hydrogens (tertiary/aromatic N) is 3. The van der Waals surface area contributed by atoms with Crippen LogP contribution in [0.1, 0.15) is 16.7 Å². The van der Waals surface area contributed by atoms with Gasteiger partial charge in [-0.25, -0.2) is 0 Å². The van der Waals surface area contributed by atoms with Crippen molar-refractivity contribution in [3.63, 3.8) is 0 Å². The van der Waals surface area contributed by atoms with Crippen molar-refractivity contribution in [1.82, 2.24) is 0 Å². The smallest absolute Gasteiger partial charge is 0.211 e. The summed E-state index contributed by atoms with van der Waals surface area (Å²) < 4.78 is 0. The molecule has 3 aromatic carbocycles. The molecule has 0 aliphatic carbocycles. The summed E-state index contributed by atoms with van der Waals surface area (Å²) >= 11 is 5.89. The predicted molar refractivity (Wildman–Crippen MR) is 125 cm³/mol. The van der Waals surface area contributed by atoms with E-state index >= 15 is 0 Å². The van der Waals surface area contributed by atoms with Gasteiger partial charge in [-0.3, -0.25) is 4.99 Å². The number of aliphatic imine (C=N–C) groups is 1. The van der Waals surface area contributed by atoms with Crippen LogP contribution in [0.25, 0.3) is 11.1 Å². The van der Waals surface area contributed by atoms with E-state index in [9.17, 15) is 0 Å². The zero-order valence-corrected chi connectivity index (χ0v) is 17.1. The molecule has 0 saturated carbocycles. The number of hydrogen-bond donors (Lipinski definition) is 2. The number of rotatable bonds is 6. The Kier molecular flexibility index (Phi) is 8.40. The molecule has 4 N–H and O–H groups in total. The summed E-state index contributed by atoms with van der Waals surface area (Å²) in [4.78, 5) is 4.49. The van der Waals surface area contributed by atoms with Crippen molar-refractivity contribution in [2.45, 2.75) is 6.54 Å². The summed E-state index contributed by atoms with van der Waals surface area (Å²) in [6.45, 7) is 0.627. The molecule has 148 valence electrons. The van der Waals surface area contributed by atoms with Gasteiger partial charge in [0.15, 0.2) is 0 Å². The van der Waals surface area contributed by atoms with Crippen LogP contribution < -0.4 is 11.5 Å². The molecule has 0 aromatic heterocycles. The summed E-state index contributed by atoms with van der Waals surface area (Å²) in [7, 11) is 0. The van der Waals surface area contributed by atoms with E-state index in [0.29, 0.717) is 6.54 Å². The normalized spacial score (nSPS) is 10.8. The first-order valence-corrected chi connectivity index (χ1v) is 9.05. The molecular formula is C22H21Cl2N5. The zero-order chi connectivity index (χ0) is 19.8. The van der Waals surface area contributed by atoms with Crippen LogP contribution >= 0.6 is 24.0 Å². The van der Waals surface area contributed by atoms with E-state index in [4.69, 9.17) is 23.1 Å². The maximum absolute atomic E-state index is 5.89. The SMILES string of the molecule is Cl.NC(N)=N/N=C/c1ccc(-c2ccc(C=NCc3ccc(Cl)cc3)cc2)cc1. The zero-order valence-electron chi connectivity index (χ0n) is 15.6. The Morgan fingerprint density at radius 3 is 1.79 bits per heavy atom. The van der Waals surface area contributed by atoms with Crippen LogP contribution in [0, 0.1) is 0 Å². The average Bonchev–Trinajstić information content (AvgIpc) is 2.70. The van der Waals surface area contributed by atoms with Crippen LogP contribution in [0.5, 0.6) is 0 Å². The van der Waals surface area contributed by atoms with Gasteiger partial charge in [0, 0.05) is 11.2 Å². The number of halogens is 2. The van der Waals surface area contributed by atoms with E-state index in [2.05, 4.69) is 39.5 Å². The minimum Gasteiger partial charge on any atom is -0.369 e. The lowest BCUT2D eigenvalue weighted by Crippen LogP contribution is -2.21. The molecule has 0 unspecified atom stereocenters. The molecule has 0 amide bonds. The summed E-state index contributed by atoms with van der Waals surface area (Å²) in [5.41, 5.74) is 15.8. The fraction of sp³-hybridized carbons (Fsp3) is 0.0455. The van der Waals surface area contributed by atoms with E-state index in [-0.39, 0.29) is 18.4 Å². The Balaban J connectivity index is 0.00000300. The van der Waals surface area contributed by atoms with E-state index in [1.54, 1.807) is 6.21 Å². The van der Waals surface area contributed by atoms with Gasteiger partial charge in [0.05, 0.1) is 12.8 Å². The highest BCUT2D eigenvalue weighted by atomic mass is 35.5. The third-order valence-electron chi connectivity index (χ3n) is 3.96. The second kappa shape index (κ2) is 11.0. The summed E-state index contributed by atoms with van der Waals surface area (Å²) in [5.74, 6) is -0.0651. The van der Waals surface area contributed by atoms with Gasteiger partial charge < -0.3 is 11.5 Å².